The fourth-order valence-electron chi connectivity index (χ4n) is 3.96. The van der Waals surface area contributed by atoms with Crippen LogP contribution in [0.2, 0.25) is 10.0 Å². The third-order valence-electron chi connectivity index (χ3n) is 5.35. The van der Waals surface area contributed by atoms with Crippen LogP contribution in [-0.2, 0) is 6.42 Å². The molecule has 3 N–H and O–H groups in total. The largest absolute Gasteiger partial charge is 0.416 e. The SMILES string of the molecule is Nc1ncc(C2c3[nH]c4ccc(Cl)cc4c3CCN2C(=O)Oc2ccc(Cl)cc2)cn1. The van der Waals surface area contributed by atoms with Crippen LogP contribution < -0.4 is 10.5 Å². The highest BCUT2D eigenvalue weighted by Crippen LogP contribution is 2.39. The molecule has 1 unspecified atom stereocenters. The van der Waals surface area contributed by atoms with Gasteiger partial charge in [0.1, 0.15) is 11.8 Å². The van der Waals surface area contributed by atoms with Crippen molar-refractivity contribution in [2.45, 2.75) is 12.5 Å². The molecule has 2 aromatic carbocycles. The quantitative estimate of drug-likeness (QED) is 0.445. The summed E-state index contributed by atoms with van der Waals surface area (Å²) in [6, 6.07) is 11.9. The van der Waals surface area contributed by atoms with Gasteiger partial charge in [-0.25, -0.2) is 14.8 Å². The maximum atomic E-state index is 13.2. The molecule has 1 aliphatic heterocycles. The number of hydrogen-bond acceptors (Lipinski definition) is 5. The second-order valence-corrected chi connectivity index (χ2v) is 8.12. The van der Waals surface area contributed by atoms with Crippen LogP contribution in [0.3, 0.4) is 0 Å². The van der Waals surface area contributed by atoms with Gasteiger partial charge in [-0.05, 0) is 54.4 Å². The van der Waals surface area contributed by atoms with Gasteiger partial charge in [0.2, 0.25) is 5.95 Å². The first-order chi connectivity index (χ1) is 15.0. The van der Waals surface area contributed by atoms with Gasteiger partial charge in [-0.2, -0.15) is 0 Å². The molecule has 1 aliphatic rings. The van der Waals surface area contributed by atoms with Crippen LogP contribution in [0.25, 0.3) is 10.9 Å². The van der Waals surface area contributed by atoms with Crippen molar-refractivity contribution in [3.05, 3.63) is 81.7 Å². The number of carbonyl (C=O) groups excluding carboxylic acids is 1. The third-order valence-corrected chi connectivity index (χ3v) is 5.84. The Morgan fingerprint density at radius 1 is 1.10 bits per heavy atom. The van der Waals surface area contributed by atoms with Gasteiger partial charge in [-0.15, -0.1) is 0 Å². The summed E-state index contributed by atoms with van der Waals surface area (Å²) in [5.74, 6) is 0.578. The Bertz CT molecular complexity index is 1270. The Hall–Kier alpha value is -3.29. The van der Waals surface area contributed by atoms with Crippen molar-refractivity contribution in [2.24, 2.45) is 0 Å². The van der Waals surface area contributed by atoms with Gasteiger partial charge in [0.25, 0.3) is 0 Å². The average Bonchev–Trinajstić information content (AvgIpc) is 3.13. The minimum absolute atomic E-state index is 0.165. The first-order valence-electron chi connectivity index (χ1n) is 9.61. The molecule has 3 heterocycles. The van der Waals surface area contributed by atoms with Crippen molar-refractivity contribution in [3.8, 4) is 5.75 Å². The van der Waals surface area contributed by atoms with Gasteiger partial charge in [0.05, 0.1) is 0 Å². The topological polar surface area (TPSA) is 97.1 Å². The molecule has 31 heavy (non-hydrogen) atoms. The van der Waals surface area contributed by atoms with Crippen LogP contribution in [0.5, 0.6) is 5.75 Å². The molecule has 0 aliphatic carbocycles. The number of H-pyrrole nitrogens is 1. The highest BCUT2D eigenvalue weighted by Gasteiger charge is 2.36. The lowest BCUT2D eigenvalue weighted by molar-refractivity contribution is 0.135. The van der Waals surface area contributed by atoms with Gasteiger partial charge in [0, 0.05) is 51.1 Å². The number of benzene rings is 2. The number of carbonyl (C=O) groups is 1. The first kappa shape index (κ1) is 19.7. The zero-order valence-corrected chi connectivity index (χ0v) is 17.7. The van der Waals surface area contributed by atoms with E-state index in [9.17, 15) is 4.79 Å². The van der Waals surface area contributed by atoms with E-state index in [2.05, 4.69) is 15.0 Å². The van der Waals surface area contributed by atoms with Crippen LogP contribution in [0.15, 0.2) is 54.9 Å². The Morgan fingerprint density at radius 2 is 1.81 bits per heavy atom. The summed E-state index contributed by atoms with van der Waals surface area (Å²) in [6.07, 6.45) is 3.43. The van der Waals surface area contributed by atoms with Crippen LogP contribution >= 0.6 is 23.2 Å². The number of amides is 1. The minimum Gasteiger partial charge on any atom is -0.410 e. The number of aromatic amines is 1. The monoisotopic (exact) mass is 453 g/mol. The van der Waals surface area contributed by atoms with E-state index in [1.807, 2.05) is 18.2 Å². The van der Waals surface area contributed by atoms with Gasteiger partial charge >= 0.3 is 6.09 Å². The average molecular weight is 454 g/mol. The molecule has 0 fully saturated rings. The lowest BCUT2D eigenvalue weighted by Gasteiger charge is -2.35. The lowest BCUT2D eigenvalue weighted by atomic mass is 9.94. The summed E-state index contributed by atoms with van der Waals surface area (Å²) in [4.78, 5) is 26.5. The van der Waals surface area contributed by atoms with Crippen molar-refractivity contribution < 1.29 is 9.53 Å². The predicted octanol–water partition coefficient (Wildman–Crippen LogP) is 4.99. The van der Waals surface area contributed by atoms with E-state index in [4.69, 9.17) is 33.7 Å². The summed E-state index contributed by atoms with van der Waals surface area (Å²) in [6.45, 7) is 0.452. The molecular weight excluding hydrogens is 437 g/mol. The number of nitrogens with zero attached hydrogens (tertiary/aromatic N) is 3. The van der Waals surface area contributed by atoms with E-state index in [0.29, 0.717) is 28.8 Å². The van der Waals surface area contributed by atoms with Crippen molar-refractivity contribution in [1.82, 2.24) is 19.9 Å². The van der Waals surface area contributed by atoms with E-state index in [1.165, 1.54) is 0 Å². The molecule has 0 radical (unpaired) electrons. The number of hydrogen-bond donors (Lipinski definition) is 2. The molecule has 1 atom stereocenters. The second-order valence-electron chi connectivity index (χ2n) is 7.25. The first-order valence-corrected chi connectivity index (χ1v) is 10.4. The van der Waals surface area contributed by atoms with E-state index in [0.717, 1.165) is 27.7 Å². The lowest BCUT2D eigenvalue weighted by Crippen LogP contribution is -2.42. The van der Waals surface area contributed by atoms with Crippen molar-refractivity contribution in [1.29, 1.82) is 0 Å². The standard InChI is InChI=1S/C22H17Cl2N5O2/c23-13-1-4-15(5-2-13)31-22(30)29-8-7-16-17-9-14(24)3-6-18(17)28-19(16)20(29)12-10-26-21(25)27-11-12/h1-6,9-11,20,28H,7-8H2,(H2,25,26,27). The van der Waals surface area contributed by atoms with Crippen LogP contribution in [0.4, 0.5) is 10.7 Å². The summed E-state index contributed by atoms with van der Waals surface area (Å²) in [5.41, 5.74) is 9.33. The normalized spacial score (nSPS) is 15.7. The van der Waals surface area contributed by atoms with E-state index in [-0.39, 0.29) is 5.95 Å². The Balaban J connectivity index is 1.58. The maximum absolute atomic E-state index is 13.2. The predicted molar refractivity (Wildman–Crippen MR) is 119 cm³/mol. The van der Waals surface area contributed by atoms with Crippen molar-refractivity contribution >= 4 is 46.1 Å². The summed E-state index contributed by atoms with van der Waals surface area (Å²) < 4.78 is 5.62. The van der Waals surface area contributed by atoms with Gasteiger partial charge in [-0.1, -0.05) is 23.2 Å². The number of aromatic nitrogens is 3. The van der Waals surface area contributed by atoms with Crippen molar-refractivity contribution in [2.75, 3.05) is 12.3 Å². The number of ether oxygens (including phenoxy) is 1. The molecule has 7 nitrogen and oxygen atoms in total. The second kappa shape index (κ2) is 7.76. The van der Waals surface area contributed by atoms with Gasteiger partial charge in [0.15, 0.2) is 0 Å². The molecule has 2 aromatic heterocycles. The van der Waals surface area contributed by atoms with Gasteiger partial charge in [-0.3, -0.25) is 4.90 Å². The summed E-state index contributed by atoms with van der Waals surface area (Å²) in [5, 5.41) is 2.26. The highest BCUT2D eigenvalue weighted by molar-refractivity contribution is 6.31. The zero-order chi connectivity index (χ0) is 21.5. The van der Waals surface area contributed by atoms with E-state index in [1.54, 1.807) is 41.6 Å². The number of nitrogen functional groups attached to an aromatic ring is 1. The number of fused-ring (bicyclic) bond motifs is 3. The maximum Gasteiger partial charge on any atom is 0.416 e. The number of rotatable bonds is 2. The highest BCUT2D eigenvalue weighted by atomic mass is 35.5. The van der Waals surface area contributed by atoms with Crippen LogP contribution in [0, 0.1) is 0 Å². The molecule has 0 spiro atoms. The van der Waals surface area contributed by atoms with Crippen LogP contribution in [0.1, 0.15) is 22.9 Å². The third kappa shape index (κ3) is 3.66. The molecule has 0 saturated carbocycles. The van der Waals surface area contributed by atoms with Crippen LogP contribution in [-0.4, -0.2) is 32.5 Å². The van der Waals surface area contributed by atoms with Gasteiger partial charge < -0.3 is 15.5 Å². The molecule has 0 saturated heterocycles. The smallest absolute Gasteiger partial charge is 0.410 e. The number of halogens is 2. The molecule has 9 heteroatoms. The van der Waals surface area contributed by atoms with E-state index >= 15 is 0 Å². The Morgan fingerprint density at radius 3 is 2.55 bits per heavy atom. The Kier molecular flexibility index (Phi) is 4.92. The number of nitrogens with one attached hydrogen (secondary N) is 1. The molecule has 1 amide bonds. The zero-order valence-electron chi connectivity index (χ0n) is 16.2. The molecule has 5 rings (SSSR count). The molecule has 4 aromatic rings. The molecule has 156 valence electrons. The molecular formula is C22H17Cl2N5O2. The minimum atomic E-state index is -0.480. The summed E-state index contributed by atoms with van der Waals surface area (Å²) in [7, 11) is 0. The fraction of sp³-hybridized carbons (Fsp3) is 0.136. The Labute approximate surface area is 187 Å². The fourth-order valence-corrected chi connectivity index (χ4v) is 4.25. The number of anilines is 1. The number of nitrogens with two attached hydrogens (primary N) is 1. The van der Waals surface area contributed by atoms with Crippen molar-refractivity contribution in [3.63, 3.8) is 0 Å². The molecule has 0 bridgehead atoms. The van der Waals surface area contributed by atoms with E-state index < -0.39 is 12.1 Å². The summed E-state index contributed by atoms with van der Waals surface area (Å²) >= 11 is 12.2.